The third-order valence-corrected chi connectivity index (χ3v) is 5.62. The first-order chi connectivity index (χ1) is 13.6. The largest absolute Gasteiger partial charge is 0.456 e. The molecule has 3 rings (SSSR count). The van der Waals surface area contributed by atoms with Gasteiger partial charge in [-0.1, -0.05) is 35.3 Å². The summed E-state index contributed by atoms with van der Waals surface area (Å²) < 4.78 is 42.5. The number of nitrogens with two attached hydrogens (primary N) is 2. The summed E-state index contributed by atoms with van der Waals surface area (Å²) in [4.78, 5) is 11.8. The van der Waals surface area contributed by atoms with Gasteiger partial charge < -0.3 is 10.5 Å². The highest BCUT2D eigenvalue weighted by molar-refractivity contribution is 7.89. The predicted molar refractivity (Wildman–Crippen MR) is 108 cm³/mol. The molecule has 0 unspecified atom stereocenters. The third kappa shape index (κ3) is 4.51. The Balaban J connectivity index is 2.30. The number of hydrogen-bond donors (Lipinski definition) is 2. The molecule has 0 heterocycles. The molecule has 0 bridgehead atoms. The normalized spacial score (nSPS) is 11.3. The highest BCUT2D eigenvalue weighted by atomic mass is 35.5. The van der Waals surface area contributed by atoms with Crippen LogP contribution in [0.3, 0.4) is 0 Å². The number of hydrogen-bond acceptors (Lipinski definition) is 4. The summed E-state index contributed by atoms with van der Waals surface area (Å²) in [5.41, 5.74) is 5.76. The zero-order valence-corrected chi connectivity index (χ0v) is 16.9. The van der Waals surface area contributed by atoms with E-state index in [9.17, 15) is 17.6 Å². The Morgan fingerprint density at radius 2 is 1.69 bits per heavy atom. The molecule has 0 atom stereocenters. The number of primary amides is 1. The van der Waals surface area contributed by atoms with Gasteiger partial charge >= 0.3 is 0 Å². The lowest BCUT2D eigenvalue weighted by Crippen LogP contribution is -2.14. The lowest BCUT2D eigenvalue weighted by molar-refractivity contribution is 0.0998. The van der Waals surface area contributed by atoms with Crippen molar-refractivity contribution < 1.29 is 22.3 Å². The number of rotatable bonds is 5. The van der Waals surface area contributed by atoms with Crippen molar-refractivity contribution in [3.05, 3.63) is 76.0 Å². The van der Waals surface area contributed by atoms with Gasteiger partial charge in [-0.15, -0.1) is 0 Å². The second kappa shape index (κ2) is 8.00. The number of ether oxygens (including phenoxy) is 1. The lowest BCUT2D eigenvalue weighted by atomic mass is 10.0. The first-order valence-electron chi connectivity index (χ1n) is 7.96. The minimum atomic E-state index is -4.01. The molecule has 1 amide bonds. The van der Waals surface area contributed by atoms with Crippen LogP contribution in [-0.2, 0) is 10.0 Å². The first-order valence-corrected chi connectivity index (χ1v) is 10.3. The van der Waals surface area contributed by atoms with E-state index in [0.29, 0.717) is 0 Å². The van der Waals surface area contributed by atoms with Gasteiger partial charge in [0.1, 0.15) is 17.3 Å². The van der Waals surface area contributed by atoms with Crippen LogP contribution in [-0.4, -0.2) is 14.3 Å². The Morgan fingerprint density at radius 1 is 1.03 bits per heavy atom. The van der Waals surface area contributed by atoms with Crippen molar-refractivity contribution in [2.24, 2.45) is 10.9 Å². The topological polar surface area (TPSA) is 112 Å². The maximum Gasteiger partial charge on any atom is 0.252 e. The number of carbonyl (C=O) groups is 1. The van der Waals surface area contributed by atoms with E-state index in [0.717, 1.165) is 12.1 Å². The molecule has 4 N–H and O–H groups in total. The van der Waals surface area contributed by atoms with E-state index < -0.39 is 21.7 Å². The Morgan fingerprint density at radius 3 is 2.28 bits per heavy atom. The second-order valence-corrected chi connectivity index (χ2v) is 8.26. The molecule has 0 saturated heterocycles. The smallest absolute Gasteiger partial charge is 0.252 e. The minimum Gasteiger partial charge on any atom is -0.456 e. The van der Waals surface area contributed by atoms with Crippen molar-refractivity contribution in [2.45, 2.75) is 4.90 Å². The SMILES string of the molecule is NC(=O)c1cc(Cl)c(Cl)c(-c2cccc(S(N)(=O)=O)c2)c1Oc1ccc(F)cc1. The Kier molecular flexibility index (Phi) is 5.81. The molecule has 0 aromatic heterocycles. The predicted octanol–water partition coefficient (Wildman–Crippen LogP) is 4.34. The number of primary sulfonamides is 1. The van der Waals surface area contributed by atoms with Crippen LogP contribution in [0.4, 0.5) is 4.39 Å². The highest BCUT2D eigenvalue weighted by Gasteiger charge is 2.23. The zero-order chi connectivity index (χ0) is 21.3. The summed E-state index contributed by atoms with van der Waals surface area (Å²) >= 11 is 12.5. The maximum absolute atomic E-state index is 13.2. The van der Waals surface area contributed by atoms with Crippen LogP contribution in [0.2, 0.25) is 10.0 Å². The maximum atomic E-state index is 13.2. The Bertz CT molecular complexity index is 1220. The number of halogens is 3. The molecular weight excluding hydrogens is 442 g/mol. The summed E-state index contributed by atoms with van der Waals surface area (Å²) in [6.45, 7) is 0. The van der Waals surface area contributed by atoms with E-state index in [2.05, 4.69) is 0 Å². The molecule has 6 nitrogen and oxygen atoms in total. The van der Waals surface area contributed by atoms with Gasteiger partial charge in [0.15, 0.2) is 0 Å². The average Bonchev–Trinajstić information content (AvgIpc) is 2.65. The molecule has 0 spiro atoms. The van der Waals surface area contributed by atoms with E-state index in [-0.39, 0.29) is 43.1 Å². The molecule has 3 aromatic rings. The number of sulfonamides is 1. The molecule has 29 heavy (non-hydrogen) atoms. The molecule has 3 aromatic carbocycles. The molecule has 0 radical (unpaired) electrons. The molecule has 150 valence electrons. The number of carbonyl (C=O) groups excluding carboxylic acids is 1. The monoisotopic (exact) mass is 454 g/mol. The van der Waals surface area contributed by atoms with Crippen LogP contribution in [0, 0.1) is 5.82 Å². The second-order valence-electron chi connectivity index (χ2n) is 5.92. The van der Waals surface area contributed by atoms with Crippen molar-refractivity contribution in [3.63, 3.8) is 0 Å². The third-order valence-electron chi connectivity index (χ3n) is 3.92. The van der Waals surface area contributed by atoms with Crippen LogP contribution in [0.1, 0.15) is 10.4 Å². The quantitative estimate of drug-likeness (QED) is 0.596. The summed E-state index contributed by atoms with van der Waals surface area (Å²) in [6, 6.07) is 11.8. The van der Waals surface area contributed by atoms with E-state index >= 15 is 0 Å². The van der Waals surface area contributed by atoms with Gasteiger partial charge in [-0.05, 0) is 48.0 Å². The van der Waals surface area contributed by atoms with Gasteiger partial charge in [-0.2, -0.15) is 0 Å². The van der Waals surface area contributed by atoms with Crippen molar-refractivity contribution in [1.29, 1.82) is 0 Å². The van der Waals surface area contributed by atoms with Gasteiger partial charge in [0.2, 0.25) is 10.0 Å². The molecule has 0 fully saturated rings. The molecule has 10 heteroatoms. The number of amides is 1. The summed E-state index contributed by atoms with van der Waals surface area (Å²) in [5, 5.41) is 5.20. The fraction of sp³-hybridized carbons (Fsp3) is 0. The summed E-state index contributed by atoms with van der Waals surface area (Å²) in [5.74, 6) is -1.21. The highest BCUT2D eigenvalue weighted by Crippen LogP contribution is 2.45. The zero-order valence-electron chi connectivity index (χ0n) is 14.5. The molecule has 0 aliphatic carbocycles. The number of benzene rings is 3. The van der Waals surface area contributed by atoms with E-state index in [1.807, 2.05) is 0 Å². The van der Waals surface area contributed by atoms with Gasteiger partial charge in [0, 0.05) is 5.56 Å². The van der Waals surface area contributed by atoms with Crippen LogP contribution in [0.15, 0.2) is 59.5 Å². The van der Waals surface area contributed by atoms with Crippen LogP contribution in [0.5, 0.6) is 11.5 Å². The van der Waals surface area contributed by atoms with Crippen molar-refractivity contribution >= 4 is 39.1 Å². The van der Waals surface area contributed by atoms with E-state index in [1.165, 1.54) is 42.5 Å². The van der Waals surface area contributed by atoms with Crippen LogP contribution < -0.4 is 15.6 Å². The van der Waals surface area contributed by atoms with Gasteiger partial charge in [-0.3, -0.25) is 4.79 Å². The van der Waals surface area contributed by atoms with Crippen molar-refractivity contribution in [2.75, 3.05) is 0 Å². The van der Waals surface area contributed by atoms with Gasteiger partial charge in [0.25, 0.3) is 5.91 Å². The Labute approximate surface area is 175 Å². The fourth-order valence-corrected chi connectivity index (χ4v) is 3.62. The van der Waals surface area contributed by atoms with E-state index in [1.54, 1.807) is 0 Å². The summed E-state index contributed by atoms with van der Waals surface area (Å²) in [6.07, 6.45) is 0. The van der Waals surface area contributed by atoms with Gasteiger partial charge in [-0.25, -0.2) is 17.9 Å². The molecule has 0 saturated carbocycles. The molecule has 0 aliphatic heterocycles. The first kappa shape index (κ1) is 21.1. The van der Waals surface area contributed by atoms with Crippen molar-refractivity contribution in [1.82, 2.24) is 0 Å². The fourth-order valence-electron chi connectivity index (χ4n) is 2.61. The Hall–Kier alpha value is -2.65. The summed E-state index contributed by atoms with van der Waals surface area (Å²) in [7, 11) is -4.01. The average molecular weight is 455 g/mol. The minimum absolute atomic E-state index is 0.000322. The van der Waals surface area contributed by atoms with Gasteiger partial charge in [0.05, 0.1) is 20.5 Å². The molecular formula is C19H13Cl2FN2O4S. The molecule has 0 aliphatic rings. The van der Waals surface area contributed by atoms with E-state index in [4.69, 9.17) is 38.8 Å². The van der Waals surface area contributed by atoms with Crippen LogP contribution >= 0.6 is 23.2 Å². The lowest BCUT2D eigenvalue weighted by Gasteiger charge is -2.17. The van der Waals surface area contributed by atoms with Crippen LogP contribution in [0.25, 0.3) is 11.1 Å². The van der Waals surface area contributed by atoms with Crippen molar-refractivity contribution in [3.8, 4) is 22.6 Å². The standard InChI is InChI=1S/C19H13Cl2FN2O4S/c20-15-9-14(19(23)25)18(28-12-6-4-11(22)5-7-12)16(17(15)21)10-2-1-3-13(8-10)29(24,26)27/h1-9H,(H2,23,25)(H2,24,26,27).